The zero-order valence-electron chi connectivity index (χ0n) is 12.5. The van der Waals surface area contributed by atoms with Crippen LogP contribution in [0.3, 0.4) is 0 Å². The predicted molar refractivity (Wildman–Crippen MR) is 85.1 cm³/mol. The number of aliphatic hydroxyl groups is 1. The van der Waals surface area contributed by atoms with E-state index in [1.165, 1.54) is 0 Å². The first-order valence-corrected chi connectivity index (χ1v) is 7.23. The Morgan fingerprint density at radius 1 is 1.24 bits per heavy atom. The number of rotatable bonds is 6. The minimum atomic E-state index is -0.616. The predicted octanol–water partition coefficient (Wildman–Crippen LogP) is 1.94. The molecule has 0 aromatic heterocycles. The van der Waals surface area contributed by atoms with E-state index in [1.54, 1.807) is 11.9 Å². The summed E-state index contributed by atoms with van der Waals surface area (Å²) in [6.45, 7) is 3.23. The van der Waals surface area contributed by atoms with Crippen molar-refractivity contribution in [1.29, 1.82) is 0 Å². The highest BCUT2D eigenvalue weighted by Crippen LogP contribution is 2.19. The number of likely N-dealkylation sites (N-methyl/N-ethyl adjacent to an activating group) is 1. The third-order valence-electron chi connectivity index (χ3n) is 3.67. The maximum absolute atomic E-state index is 11.6. The normalized spacial score (nSPS) is 12.3. The van der Waals surface area contributed by atoms with Gasteiger partial charge in [0, 0.05) is 20.1 Å². The molecule has 0 aliphatic rings. The third kappa shape index (κ3) is 4.03. The fraction of sp³-hybridized carbons (Fsp3) is 0.353. The number of hydrogen-bond donors (Lipinski definition) is 2. The second kappa shape index (κ2) is 7.20. The van der Waals surface area contributed by atoms with Gasteiger partial charge in [-0.05, 0) is 29.3 Å². The van der Waals surface area contributed by atoms with Gasteiger partial charge in [0.25, 0.3) is 0 Å². The molecule has 0 saturated heterocycles. The maximum atomic E-state index is 11.6. The highest BCUT2D eigenvalue weighted by Gasteiger charge is 2.10. The van der Waals surface area contributed by atoms with Crippen LogP contribution in [0.4, 0.5) is 0 Å². The maximum Gasteiger partial charge on any atom is 0.236 e. The van der Waals surface area contributed by atoms with Crippen LogP contribution >= 0.6 is 0 Å². The topological polar surface area (TPSA) is 52.6 Å². The highest BCUT2D eigenvalue weighted by molar-refractivity contribution is 5.83. The fourth-order valence-corrected chi connectivity index (χ4v) is 2.16. The van der Waals surface area contributed by atoms with Crippen molar-refractivity contribution in [3.8, 4) is 0 Å². The van der Waals surface area contributed by atoms with Gasteiger partial charge in [-0.25, -0.2) is 0 Å². The lowest BCUT2D eigenvalue weighted by Crippen LogP contribution is -2.36. The molecular formula is C17H22N2O2. The fourth-order valence-electron chi connectivity index (χ4n) is 2.16. The van der Waals surface area contributed by atoms with Crippen LogP contribution in [0.5, 0.6) is 0 Å². The van der Waals surface area contributed by atoms with Gasteiger partial charge in [0.2, 0.25) is 5.91 Å². The number of carbonyl (C=O) groups excluding carboxylic acids is 1. The molecule has 0 spiro atoms. The Hall–Kier alpha value is -1.91. The zero-order valence-corrected chi connectivity index (χ0v) is 12.5. The molecule has 4 heteroatoms. The van der Waals surface area contributed by atoms with Gasteiger partial charge in [0.15, 0.2) is 0 Å². The molecule has 0 bridgehead atoms. The first-order chi connectivity index (χ1) is 10.1. The van der Waals surface area contributed by atoms with Gasteiger partial charge >= 0.3 is 0 Å². The molecule has 1 unspecified atom stereocenters. The van der Waals surface area contributed by atoms with E-state index in [-0.39, 0.29) is 12.5 Å². The van der Waals surface area contributed by atoms with Gasteiger partial charge in [-0.2, -0.15) is 0 Å². The molecule has 0 aliphatic carbocycles. The first-order valence-electron chi connectivity index (χ1n) is 7.23. The molecular weight excluding hydrogens is 264 g/mol. The van der Waals surface area contributed by atoms with E-state index in [0.717, 1.165) is 16.3 Å². The number of nitrogens with one attached hydrogen (secondary N) is 1. The third-order valence-corrected chi connectivity index (χ3v) is 3.67. The number of benzene rings is 2. The van der Waals surface area contributed by atoms with Crippen LogP contribution in [0, 0.1) is 0 Å². The molecule has 1 amide bonds. The summed E-state index contributed by atoms with van der Waals surface area (Å²) < 4.78 is 0. The standard InChI is InChI=1S/C17H22N2O2/c1-3-19(2)17(21)12-18-11-16(20)15-9-8-13-6-4-5-7-14(13)10-15/h4-10,16,18,20H,3,11-12H2,1-2H3. The van der Waals surface area contributed by atoms with Gasteiger partial charge in [-0.15, -0.1) is 0 Å². The van der Waals surface area contributed by atoms with Crippen molar-refractivity contribution in [2.75, 3.05) is 26.7 Å². The van der Waals surface area contributed by atoms with Crippen molar-refractivity contribution in [3.05, 3.63) is 48.0 Å². The Balaban J connectivity index is 1.93. The van der Waals surface area contributed by atoms with E-state index in [1.807, 2.05) is 49.4 Å². The summed E-state index contributed by atoms with van der Waals surface area (Å²) in [5.41, 5.74) is 0.859. The molecule has 2 rings (SSSR count). The van der Waals surface area contributed by atoms with Crippen LogP contribution in [0.15, 0.2) is 42.5 Å². The van der Waals surface area contributed by atoms with E-state index in [2.05, 4.69) is 5.32 Å². The number of aliphatic hydroxyl groups excluding tert-OH is 1. The van der Waals surface area contributed by atoms with Crippen molar-refractivity contribution in [1.82, 2.24) is 10.2 Å². The van der Waals surface area contributed by atoms with E-state index >= 15 is 0 Å². The van der Waals surface area contributed by atoms with Crippen LogP contribution < -0.4 is 5.32 Å². The van der Waals surface area contributed by atoms with Crippen molar-refractivity contribution in [2.24, 2.45) is 0 Å². The van der Waals surface area contributed by atoms with E-state index in [0.29, 0.717) is 13.1 Å². The summed E-state index contributed by atoms with van der Waals surface area (Å²) in [5, 5.41) is 15.5. The second-order valence-corrected chi connectivity index (χ2v) is 5.16. The van der Waals surface area contributed by atoms with Crippen molar-refractivity contribution >= 4 is 16.7 Å². The van der Waals surface area contributed by atoms with E-state index < -0.39 is 6.10 Å². The molecule has 0 heterocycles. The van der Waals surface area contributed by atoms with Crippen LogP contribution in [0.2, 0.25) is 0 Å². The molecule has 4 nitrogen and oxygen atoms in total. The summed E-state index contributed by atoms with van der Waals surface area (Å²) in [6.07, 6.45) is -0.616. The van der Waals surface area contributed by atoms with E-state index in [4.69, 9.17) is 0 Å². The molecule has 2 aromatic rings. The average Bonchev–Trinajstić information content (AvgIpc) is 2.53. The quantitative estimate of drug-likeness (QED) is 0.853. The highest BCUT2D eigenvalue weighted by atomic mass is 16.3. The van der Waals surface area contributed by atoms with Gasteiger partial charge < -0.3 is 15.3 Å². The molecule has 0 aliphatic heterocycles. The molecule has 112 valence electrons. The second-order valence-electron chi connectivity index (χ2n) is 5.16. The van der Waals surface area contributed by atoms with Crippen LogP contribution in [-0.4, -0.2) is 42.6 Å². The van der Waals surface area contributed by atoms with Gasteiger partial charge in [0.05, 0.1) is 12.6 Å². The van der Waals surface area contributed by atoms with Crippen LogP contribution in [-0.2, 0) is 4.79 Å². The number of hydrogen-bond acceptors (Lipinski definition) is 3. The van der Waals surface area contributed by atoms with Gasteiger partial charge in [-0.1, -0.05) is 36.4 Å². The lowest BCUT2D eigenvalue weighted by molar-refractivity contribution is -0.128. The monoisotopic (exact) mass is 286 g/mol. The largest absolute Gasteiger partial charge is 0.387 e. The van der Waals surface area contributed by atoms with Crippen molar-refractivity contribution < 1.29 is 9.90 Å². The Bertz CT molecular complexity index is 613. The smallest absolute Gasteiger partial charge is 0.236 e. The molecule has 2 N–H and O–H groups in total. The number of fused-ring (bicyclic) bond motifs is 1. The SMILES string of the molecule is CCN(C)C(=O)CNCC(O)c1ccc2ccccc2c1. The number of amides is 1. The average molecular weight is 286 g/mol. The van der Waals surface area contributed by atoms with Crippen LogP contribution in [0.1, 0.15) is 18.6 Å². The van der Waals surface area contributed by atoms with Gasteiger partial charge in [-0.3, -0.25) is 4.79 Å². The Morgan fingerprint density at radius 2 is 1.95 bits per heavy atom. The molecule has 21 heavy (non-hydrogen) atoms. The number of nitrogens with zero attached hydrogens (tertiary/aromatic N) is 1. The van der Waals surface area contributed by atoms with Crippen molar-refractivity contribution in [3.63, 3.8) is 0 Å². The first kappa shape index (κ1) is 15.5. The summed E-state index contributed by atoms with van der Waals surface area (Å²) in [4.78, 5) is 13.3. The van der Waals surface area contributed by atoms with Crippen molar-refractivity contribution in [2.45, 2.75) is 13.0 Å². The Labute approximate surface area is 125 Å². The van der Waals surface area contributed by atoms with E-state index in [9.17, 15) is 9.90 Å². The molecule has 0 saturated carbocycles. The summed E-state index contributed by atoms with van der Waals surface area (Å²) in [5.74, 6) is 0.0308. The minimum absolute atomic E-state index is 0.0308. The summed E-state index contributed by atoms with van der Waals surface area (Å²) >= 11 is 0. The minimum Gasteiger partial charge on any atom is -0.387 e. The molecule has 1 atom stereocenters. The Kier molecular flexibility index (Phi) is 5.31. The summed E-state index contributed by atoms with van der Waals surface area (Å²) in [7, 11) is 1.77. The van der Waals surface area contributed by atoms with Gasteiger partial charge in [0.1, 0.15) is 0 Å². The lowest BCUT2D eigenvalue weighted by atomic mass is 10.0. The lowest BCUT2D eigenvalue weighted by Gasteiger charge is -2.16. The Morgan fingerprint density at radius 3 is 2.67 bits per heavy atom. The number of carbonyl (C=O) groups is 1. The van der Waals surface area contributed by atoms with Crippen LogP contribution in [0.25, 0.3) is 10.8 Å². The molecule has 0 fully saturated rings. The zero-order chi connectivity index (χ0) is 15.2. The molecule has 2 aromatic carbocycles. The molecule has 0 radical (unpaired) electrons. The summed E-state index contributed by atoms with van der Waals surface area (Å²) in [6, 6.07) is 14.0.